The maximum absolute atomic E-state index is 13.6. The molecule has 0 bridgehead atoms. The van der Waals surface area contributed by atoms with Crippen molar-refractivity contribution in [2.45, 2.75) is 53.7 Å². The normalized spacial score (nSPS) is 17.9. The van der Waals surface area contributed by atoms with Crippen molar-refractivity contribution in [3.8, 4) is 5.75 Å². The second-order valence-corrected chi connectivity index (χ2v) is 13.1. The van der Waals surface area contributed by atoms with Gasteiger partial charge in [0.25, 0.3) is 0 Å². The van der Waals surface area contributed by atoms with E-state index in [1.165, 1.54) is 22.1 Å². The zero-order chi connectivity index (χ0) is 26.7. The highest BCUT2D eigenvalue weighted by atomic mass is 32.3. The number of rotatable bonds is 11. The van der Waals surface area contributed by atoms with Crippen LogP contribution >= 0.6 is 23.5 Å². The molecule has 2 atom stereocenters. The van der Waals surface area contributed by atoms with E-state index >= 15 is 0 Å². The Kier molecular flexibility index (Phi) is 9.29. The number of sulfonamides is 1. The fourth-order valence-corrected chi connectivity index (χ4v) is 9.04. The van der Waals surface area contributed by atoms with Crippen molar-refractivity contribution in [3.05, 3.63) is 53.1 Å². The van der Waals surface area contributed by atoms with Crippen LogP contribution in [0.1, 0.15) is 42.9 Å². The third-order valence-electron chi connectivity index (χ3n) is 5.71. The molecule has 36 heavy (non-hydrogen) atoms. The average Bonchev–Trinajstić information content (AvgIpc) is 3.14. The van der Waals surface area contributed by atoms with Gasteiger partial charge in [-0.15, -0.1) is 23.5 Å². The second kappa shape index (κ2) is 11.7. The number of carboxylic acids is 1. The lowest BCUT2D eigenvalue weighted by Crippen LogP contribution is -2.40. The summed E-state index contributed by atoms with van der Waals surface area (Å²) in [6.07, 6.45) is -3.88. The molecule has 0 amide bonds. The van der Waals surface area contributed by atoms with Gasteiger partial charge in [-0.25, -0.2) is 17.5 Å². The van der Waals surface area contributed by atoms with Crippen LogP contribution in [-0.4, -0.2) is 53.8 Å². The van der Waals surface area contributed by atoms with Gasteiger partial charge in [0, 0.05) is 34.6 Å². The van der Waals surface area contributed by atoms with Gasteiger partial charge in [0.05, 0.1) is 5.56 Å². The molecule has 2 aromatic rings. The van der Waals surface area contributed by atoms with Crippen LogP contribution in [0, 0.1) is 6.92 Å². The first-order valence-electron chi connectivity index (χ1n) is 11.3. The molecular weight excluding hydrogens is 535 g/mol. The third-order valence-corrected chi connectivity index (χ3v) is 11.1. The molecule has 1 aliphatic rings. The number of ether oxygens (including phenoxy) is 1. The summed E-state index contributed by atoms with van der Waals surface area (Å²) in [4.78, 5) is 12.1. The van der Waals surface area contributed by atoms with Crippen LogP contribution in [0.15, 0.2) is 46.2 Å². The summed E-state index contributed by atoms with van der Waals surface area (Å²) >= 11 is 2.57. The summed E-state index contributed by atoms with van der Waals surface area (Å²) in [7, 11) is -3.79. The zero-order valence-electron chi connectivity index (χ0n) is 20.0. The molecular formula is C24H28F3NO5S3. The number of fused-ring (bicyclic) bond motifs is 1. The van der Waals surface area contributed by atoms with Crippen LogP contribution in [0.3, 0.4) is 0 Å². The van der Waals surface area contributed by atoms with Gasteiger partial charge in [0.1, 0.15) is 10.3 Å². The maximum Gasteiger partial charge on any atom is 0.416 e. The van der Waals surface area contributed by atoms with Crippen molar-refractivity contribution in [3.63, 3.8) is 0 Å². The minimum absolute atomic E-state index is 0.255. The van der Waals surface area contributed by atoms with Gasteiger partial charge >= 0.3 is 12.1 Å². The van der Waals surface area contributed by atoms with Crippen molar-refractivity contribution in [1.29, 1.82) is 0 Å². The Morgan fingerprint density at radius 2 is 1.92 bits per heavy atom. The van der Waals surface area contributed by atoms with E-state index in [0.717, 1.165) is 34.4 Å². The van der Waals surface area contributed by atoms with E-state index < -0.39 is 44.8 Å². The minimum atomic E-state index is -4.49. The number of halogens is 3. The third kappa shape index (κ3) is 6.70. The number of thioether (sulfide) groups is 2. The molecule has 0 aromatic heterocycles. The molecule has 1 heterocycles. The second-order valence-electron chi connectivity index (χ2n) is 8.43. The van der Waals surface area contributed by atoms with E-state index in [-0.39, 0.29) is 6.54 Å². The predicted octanol–water partition coefficient (Wildman–Crippen LogP) is 5.85. The summed E-state index contributed by atoms with van der Waals surface area (Å²) < 4.78 is 72.4. The number of aliphatic carboxylic acids is 1. The Labute approximate surface area is 217 Å². The van der Waals surface area contributed by atoms with Crippen molar-refractivity contribution in [1.82, 2.24) is 4.31 Å². The Hall–Kier alpha value is -1.89. The summed E-state index contributed by atoms with van der Waals surface area (Å²) in [6.45, 7) is 5.48. The highest BCUT2D eigenvalue weighted by Gasteiger charge is 2.43. The molecule has 0 saturated heterocycles. The van der Waals surface area contributed by atoms with E-state index in [1.54, 1.807) is 26.0 Å². The smallest absolute Gasteiger partial charge is 0.416 e. The molecule has 12 heteroatoms. The van der Waals surface area contributed by atoms with E-state index in [4.69, 9.17) is 9.84 Å². The number of alkyl halides is 3. The molecule has 0 radical (unpaired) electrons. The maximum atomic E-state index is 13.6. The van der Waals surface area contributed by atoms with Crippen LogP contribution in [0.4, 0.5) is 13.2 Å². The Morgan fingerprint density at radius 1 is 1.19 bits per heavy atom. The van der Waals surface area contributed by atoms with Crippen molar-refractivity contribution in [2.75, 3.05) is 25.4 Å². The van der Waals surface area contributed by atoms with Crippen LogP contribution in [0.5, 0.6) is 5.75 Å². The molecule has 198 valence electrons. The first kappa shape index (κ1) is 28.7. The number of aryl methyl sites for hydroxylation is 1. The van der Waals surface area contributed by atoms with Crippen LogP contribution in [0.25, 0.3) is 0 Å². The SMILES string of the molecule is CCCN(CCSc1ccc(OCC(=O)O)c(C)c1)S(=O)(=O)C1Sc2ccc(C(F)(F)F)cc2C1C. The fourth-order valence-electron chi connectivity index (χ4n) is 3.92. The lowest BCUT2D eigenvalue weighted by molar-refractivity contribution is -0.139. The molecule has 2 unspecified atom stereocenters. The van der Waals surface area contributed by atoms with E-state index in [2.05, 4.69) is 0 Å². The molecule has 6 nitrogen and oxygen atoms in total. The van der Waals surface area contributed by atoms with Gasteiger partial charge in [-0.1, -0.05) is 13.8 Å². The van der Waals surface area contributed by atoms with Gasteiger partial charge in [0.2, 0.25) is 10.0 Å². The van der Waals surface area contributed by atoms with Gasteiger partial charge in [-0.2, -0.15) is 13.2 Å². The minimum Gasteiger partial charge on any atom is -0.482 e. The van der Waals surface area contributed by atoms with Crippen molar-refractivity contribution < 1.29 is 36.2 Å². The number of nitrogens with zero attached hydrogens (tertiary/aromatic N) is 1. The molecule has 2 aromatic carbocycles. The largest absolute Gasteiger partial charge is 0.482 e. The topological polar surface area (TPSA) is 83.9 Å². The summed E-state index contributed by atoms with van der Waals surface area (Å²) in [5.41, 5.74) is 0.407. The zero-order valence-corrected chi connectivity index (χ0v) is 22.5. The summed E-state index contributed by atoms with van der Waals surface area (Å²) in [5.74, 6) is -0.697. The van der Waals surface area contributed by atoms with Crippen LogP contribution < -0.4 is 4.74 Å². The highest BCUT2D eigenvalue weighted by molar-refractivity contribution is 8.13. The first-order chi connectivity index (χ1) is 16.8. The quantitative estimate of drug-likeness (QED) is 0.344. The summed E-state index contributed by atoms with van der Waals surface area (Å²) in [5, 5.41) is 8.76. The van der Waals surface area contributed by atoms with E-state index in [1.807, 2.05) is 13.0 Å². The number of carbonyl (C=O) groups is 1. The van der Waals surface area contributed by atoms with E-state index in [0.29, 0.717) is 34.9 Å². The van der Waals surface area contributed by atoms with Crippen molar-refractivity contribution in [2.24, 2.45) is 0 Å². The van der Waals surface area contributed by atoms with Gasteiger partial charge < -0.3 is 9.84 Å². The lowest BCUT2D eigenvalue weighted by atomic mass is 10.0. The van der Waals surface area contributed by atoms with Crippen LogP contribution in [-0.2, 0) is 21.0 Å². The Balaban J connectivity index is 1.68. The standard InChI is InChI=1S/C24H28F3NO5S3/c1-4-9-28(10-11-34-18-6-7-20(15(2)12-18)33-14-22(29)30)36(31,32)23-16(3)19-13-17(24(25,26)27)5-8-21(19)35-23/h5-8,12-13,16,23H,4,9-11,14H2,1-3H3,(H,29,30). The average molecular weight is 564 g/mol. The highest BCUT2D eigenvalue weighted by Crippen LogP contribution is 2.49. The number of hydrogen-bond donors (Lipinski definition) is 1. The molecule has 0 saturated carbocycles. The number of benzene rings is 2. The van der Waals surface area contributed by atoms with Crippen molar-refractivity contribution >= 4 is 39.5 Å². The number of hydrogen-bond acceptors (Lipinski definition) is 6. The van der Waals surface area contributed by atoms with Gasteiger partial charge in [0.15, 0.2) is 6.61 Å². The van der Waals surface area contributed by atoms with Crippen LogP contribution in [0.2, 0.25) is 0 Å². The molecule has 0 fully saturated rings. The van der Waals surface area contributed by atoms with E-state index in [9.17, 15) is 26.4 Å². The molecule has 3 rings (SSSR count). The van der Waals surface area contributed by atoms with Gasteiger partial charge in [-0.3, -0.25) is 0 Å². The predicted molar refractivity (Wildman–Crippen MR) is 135 cm³/mol. The molecule has 0 spiro atoms. The molecule has 0 aliphatic carbocycles. The summed E-state index contributed by atoms with van der Waals surface area (Å²) in [6, 6.07) is 8.75. The Bertz CT molecular complexity index is 1200. The lowest BCUT2D eigenvalue weighted by Gasteiger charge is -2.27. The molecule has 1 N–H and O–H groups in total. The van der Waals surface area contributed by atoms with Gasteiger partial charge in [-0.05, 0) is 60.9 Å². The molecule has 1 aliphatic heterocycles. The fraction of sp³-hybridized carbons (Fsp3) is 0.458. The first-order valence-corrected chi connectivity index (χ1v) is 14.7. The monoisotopic (exact) mass is 563 g/mol. The number of carboxylic acid groups (broad SMARTS) is 1. The Morgan fingerprint density at radius 3 is 2.53 bits per heavy atom.